The zero-order chi connectivity index (χ0) is 33.5. The molecule has 2 aromatic heterocycles. The van der Waals surface area contributed by atoms with Crippen molar-refractivity contribution in [3.8, 4) is 27.9 Å². The number of benzene rings is 7. The Morgan fingerprint density at radius 2 is 1.08 bits per heavy atom. The van der Waals surface area contributed by atoms with Crippen molar-refractivity contribution < 1.29 is 9.52 Å². The summed E-state index contributed by atoms with van der Waals surface area (Å²) in [6.45, 7) is 0. The van der Waals surface area contributed by atoms with Crippen LogP contribution in [0, 0.1) is 0 Å². The average molecular weight is 620 g/mol. The molecule has 222 valence electrons. The summed E-state index contributed by atoms with van der Waals surface area (Å²) < 4.78 is 7.97. The van der Waals surface area contributed by atoms with Crippen LogP contribution in [0.25, 0.3) is 82.5 Å². The van der Waals surface area contributed by atoms with E-state index in [1.807, 2.05) is 59.2 Å². The van der Waals surface area contributed by atoms with E-state index in [-0.39, 0.29) is 5.82 Å². The molecule has 9 rings (SSSR count). The molecule has 0 fully saturated rings. The summed E-state index contributed by atoms with van der Waals surface area (Å²) in [6, 6.07) is 47.3. The first-order valence-corrected chi connectivity index (χ1v) is 16.0. The standard InChI is InChI=1S/C41H24B4N2O2/c42-40(43,41(44,45)48)39-46-33-17-6-7-18-34(33)47(39)26-11-9-10-24(22-26)37-28-13-1-3-15-30(28)38(31-16-4-2-14-29(31)37)25-20-21-36-32(23-25)27-12-5-8-19-35(27)49-36/h1-23,48H. The maximum absolute atomic E-state index is 10.6. The first kappa shape index (κ1) is 29.7. The lowest BCUT2D eigenvalue weighted by molar-refractivity contribution is 0.189. The molecular formula is C41H24B4N2O2. The number of aliphatic hydroxyl groups is 1. The minimum Gasteiger partial charge on any atom is -0.456 e. The molecule has 1 N–H and O–H groups in total. The topological polar surface area (TPSA) is 51.2 Å². The fourth-order valence-corrected chi connectivity index (χ4v) is 7.18. The first-order valence-electron chi connectivity index (χ1n) is 16.0. The molecule has 4 nitrogen and oxygen atoms in total. The van der Waals surface area contributed by atoms with Gasteiger partial charge in [-0.15, -0.1) is 0 Å². The zero-order valence-corrected chi connectivity index (χ0v) is 26.3. The van der Waals surface area contributed by atoms with Gasteiger partial charge < -0.3 is 9.52 Å². The highest BCUT2D eigenvalue weighted by atomic mass is 16.3. The van der Waals surface area contributed by atoms with Gasteiger partial charge in [-0.1, -0.05) is 97.1 Å². The summed E-state index contributed by atoms with van der Waals surface area (Å²) in [5.41, 5.74) is 8.17. The lowest BCUT2D eigenvalue weighted by atomic mass is 9.35. The van der Waals surface area contributed by atoms with Crippen LogP contribution in [0.3, 0.4) is 0 Å². The van der Waals surface area contributed by atoms with Gasteiger partial charge in [0.1, 0.15) is 17.0 Å². The molecule has 7 aromatic carbocycles. The van der Waals surface area contributed by atoms with Gasteiger partial charge >= 0.3 is 0 Å². The normalized spacial score (nSPS) is 12.5. The third-order valence-corrected chi connectivity index (χ3v) is 9.58. The van der Waals surface area contributed by atoms with Crippen LogP contribution >= 0.6 is 0 Å². The maximum atomic E-state index is 10.6. The van der Waals surface area contributed by atoms with E-state index in [9.17, 15) is 5.11 Å². The fraction of sp³-hybridized carbons (Fsp3) is 0.0488. The number of para-hydroxylation sites is 3. The maximum Gasteiger partial charge on any atom is 0.135 e. The van der Waals surface area contributed by atoms with Crippen molar-refractivity contribution in [1.29, 1.82) is 0 Å². The van der Waals surface area contributed by atoms with Crippen LogP contribution in [-0.4, -0.2) is 51.4 Å². The van der Waals surface area contributed by atoms with Gasteiger partial charge in [0.25, 0.3) is 0 Å². The van der Waals surface area contributed by atoms with Crippen LogP contribution in [0.4, 0.5) is 0 Å². The van der Waals surface area contributed by atoms with Crippen molar-refractivity contribution in [3.05, 3.63) is 145 Å². The molecule has 0 unspecified atom stereocenters. The Labute approximate surface area is 288 Å². The third kappa shape index (κ3) is 4.51. The van der Waals surface area contributed by atoms with Crippen LogP contribution in [0.15, 0.2) is 144 Å². The highest BCUT2D eigenvalue weighted by Crippen LogP contribution is 2.45. The minimum atomic E-state index is -2.45. The molecule has 0 aliphatic carbocycles. The molecule has 0 spiro atoms. The summed E-state index contributed by atoms with van der Waals surface area (Å²) >= 11 is 0. The lowest BCUT2D eigenvalue weighted by Gasteiger charge is -2.39. The largest absolute Gasteiger partial charge is 0.456 e. The van der Waals surface area contributed by atoms with Crippen molar-refractivity contribution >= 4 is 85.9 Å². The molecule has 0 atom stereocenters. The van der Waals surface area contributed by atoms with Crippen molar-refractivity contribution in [2.45, 2.75) is 10.6 Å². The van der Waals surface area contributed by atoms with Gasteiger partial charge in [-0.2, -0.15) is 0 Å². The van der Waals surface area contributed by atoms with Gasteiger partial charge in [0, 0.05) is 16.5 Å². The van der Waals surface area contributed by atoms with Crippen molar-refractivity contribution in [2.24, 2.45) is 0 Å². The second kappa shape index (κ2) is 10.8. The van der Waals surface area contributed by atoms with E-state index in [4.69, 9.17) is 40.8 Å². The van der Waals surface area contributed by atoms with E-state index in [0.29, 0.717) is 5.52 Å². The molecule has 2 heterocycles. The van der Waals surface area contributed by atoms with Gasteiger partial charge in [0.05, 0.1) is 42.4 Å². The van der Waals surface area contributed by atoms with Gasteiger partial charge in [-0.05, 0) is 96.9 Å². The van der Waals surface area contributed by atoms with Crippen LogP contribution in [-0.2, 0) is 5.21 Å². The van der Waals surface area contributed by atoms with E-state index in [0.717, 1.165) is 76.9 Å². The van der Waals surface area contributed by atoms with E-state index >= 15 is 0 Å². The molecule has 8 heteroatoms. The van der Waals surface area contributed by atoms with Crippen molar-refractivity contribution in [3.63, 3.8) is 0 Å². The monoisotopic (exact) mass is 620 g/mol. The smallest absolute Gasteiger partial charge is 0.135 e. The second-order valence-electron chi connectivity index (χ2n) is 12.7. The molecule has 0 bridgehead atoms. The van der Waals surface area contributed by atoms with Gasteiger partial charge in [-0.25, -0.2) is 4.98 Å². The Hall–Kier alpha value is -5.45. The molecular weight excluding hydrogens is 596 g/mol. The molecule has 0 aliphatic rings. The molecule has 0 aliphatic heterocycles. The summed E-state index contributed by atoms with van der Waals surface area (Å²) in [4.78, 5) is 4.70. The lowest BCUT2D eigenvalue weighted by Crippen LogP contribution is -2.55. The number of hydrogen-bond donors (Lipinski definition) is 1. The zero-order valence-electron chi connectivity index (χ0n) is 26.3. The number of aromatic nitrogens is 2. The van der Waals surface area contributed by atoms with E-state index in [1.54, 1.807) is 0 Å². The SMILES string of the molecule is [B]C([B])(O)C([B])([B])c1nc2ccccc2n1-c1cccc(-c2c3ccccc3c(-c3ccc4oc5ccccc5c4c3)c3ccccc23)c1. The number of nitrogens with zero attached hydrogens (tertiary/aromatic N) is 2. The van der Waals surface area contributed by atoms with Crippen LogP contribution in [0.1, 0.15) is 5.82 Å². The first-order chi connectivity index (χ1) is 23.7. The molecule has 8 radical (unpaired) electrons. The van der Waals surface area contributed by atoms with E-state index in [1.165, 1.54) is 0 Å². The van der Waals surface area contributed by atoms with Crippen LogP contribution in [0.5, 0.6) is 0 Å². The molecule has 49 heavy (non-hydrogen) atoms. The number of imidazole rings is 1. The highest BCUT2D eigenvalue weighted by Gasteiger charge is 2.39. The Morgan fingerprint density at radius 3 is 1.73 bits per heavy atom. The Morgan fingerprint density at radius 1 is 0.531 bits per heavy atom. The number of furan rings is 1. The van der Waals surface area contributed by atoms with Gasteiger partial charge in [0.2, 0.25) is 0 Å². The molecule has 9 aromatic rings. The number of hydrogen-bond acceptors (Lipinski definition) is 3. The third-order valence-electron chi connectivity index (χ3n) is 9.58. The summed E-state index contributed by atoms with van der Waals surface area (Å²) in [6.07, 6.45) is 0. The highest BCUT2D eigenvalue weighted by molar-refractivity contribution is 6.53. The Bertz CT molecular complexity index is 2700. The Balaban J connectivity index is 1.31. The molecule has 0 saturated heterocycles. The number of fused-ring (bicyclic) bond motifs is 6. The second-order valence-corrected chi connectivity index (χ2v) is 12.7. The quantitative estimate of drug-likeness (QED) is 0.157. The van der Waals surface area contributed by atoms with Gasteiger partial charge in [-0.3, -0.25) is 4.57 Å². The predicted molar refractivity (Wildman–Crippen MR) is 204 cm³/mol. The number of rotatable bonds is 5. The summed E-state index contributed by atoms with van der Waals surface area (Å²) in [5.74, 6) is 0.130. The van der Waals surface area contributed by atoms with Crippen molar-refractivity contribution in [2.75, 3.05) is 0 Å². The van der Waals surface area contributed by atoms with Crippen LogP contribution in [0.2, 0.25) is 0 Å². The van der Waals surface area contributed by atoms with E-state index in [2.05, 4.69) is 84.9 Å². The predicted octanol–water partition coefficient (Wildman–Crippen LogP) is 8.04. The minimum absolute atomic E-state index is 0.130. The Kier molecular flexibility index (Phi) is 6.53. The van der Waals surface area contributed by atoms with Gasteiger partial charge in [0.15, 0.2) is 0 Å². The average Bonchev–Trinajstić information content (AvgIpc) is 3.69. The summed E-state index contributed by atoms with van der Waals surface area (Å²) in [5, 5.41) is 12.7. The fourth-order valence-electron chi connectivity index (χ4n) is 7.18. The summed E-state index contributed by atoms with van der Waals surface area (Å²) in [7, 11) is 24.7. The van der Waals surface area contributed by atoms with Crippen LogP contribution < -0.4 is 0 Å². The molecule has 0 saturated carbocycles. The van der Waals surface area contributed by atoms with E-state index < -0.39 is 10.6 Å². The van der Waals surface area contributed by atoms with Crippen molar-refractivity contribution in [1.82, 2.24) is 9.55 Å². The molecule has 0 amide bonds.